The van der Waals surface area contributed by atoms with Crippen molar-refractivity contribution in [2.24, 2.45) is 0 Å². The maximum Gasteiger partial charge on any atom is 0.237 e. The molecule has 19 heavy (non-hydrogen) atoms. The number of halogens is 1. The maximum absolute atomic E-state index is 12.2. The third-order valence-electron chi connectivity index (χ3n) is 3.78. The number of carbonyl (C=O) groups is 1. The van der Waals surface area contributed by atoms with E-state index in [4.69, 9.17) is 11.6 Å². The van der Waals surface area contributed by atoms with Crippen molar-refractivity contribution in [1.29, 1.82) is 0 Å². The molecule has 1 heterocycles. The average Bonchev–Trinajstić information content (AvgIpc) is 3.00. The fraction of sp³-hybridized carbons (Fsp3) is 0.643. The topological polar surface area (TPSA) is 32.3 Å². The van der Waals surface area contributed by atoms with Crippen LogP contribution in [-0.2, 0) is 11.3 Å². The van der Waals surface area contributed by atoms with E-state index < -0.39 is 0 Å². The molecule has 1 aromatic heterocycles. The highest BCUT2D eigenvalue weighted by Gasteiger charge is 2.23. The van der Waals surface area contributed by atoms with E-state index >= 15 is 0 Å². The second-order valence-corrected chi connectivity index (χ2v) is 7.09. The number of carbonyl (C=O) groups excluding carboxylic acids is 1. The van der Waals surface area contributed by atoms with E-state index in [-0.39, 0.29) is 11.9 Å². The van der Waals surface area contributed by atoms with Gasteiger partial charge in [-0.3, -0.25) is 9.69 Å². The van der Waals surface area contributed by atoms with Crippen molar-refractivity contribution in [3.63, 3.8) is 0 Å². The van der Waals surface area contributed by atoms with Crippen LogP contribution in [0.1, 0.15) is 37.5 Å². The normalized spacial score (nSPS) is 17.9. The van der Waals surface area contributed by atoms with Gasteiger partial charge in [0.05, 0.1) is 10.4 Å². The van der Waals surface area contributed by atoms with Crippen LogP contribution in [-0.4, -0.2) is 29.9 Å². The second-order valence-electron chi connectivity index (χ2n) is 5.29. The van der Waals surface area contributed by atoms with E-state index in [0.717, 1.165) is 23.7 Å². The smallest absolute Gasteiger partial charge is 0.237 e. The van der Waals surface area contributed by atoms with Crippen LogP contribution in [0.2, 0.25) is 4.34 Å². The first-order valence-electron chi connectivity index (χ1n) is 6.81. The van der Waals surface area contributed by atoms with Crippen molar-refractivity contribution >= 4 is 28.8 Å². The summed E-state index contributed by atoms with van der Waals surface area (Å²) in [6.45, 7) is 2.72. The molecule has 106 valence electrons. The van der Waals surface area contributed by atoms with Crippen molar-refractivity contribution in [3.05, 3.63) is 21.3 Å². The molecular weight excluding hydrogens is 280 g/mol. The van der Waals surface area contributed by atoms with Gasteiger partial charge in [0.25, 0.3) is 0 Å². The lowest BCUT2D eigenvalue weighted by atomic mass is 10.2. The van der Waals surface area contributed by atoms with Crippen LogP contribution in [0.25, 0.3) is 0 Å². The molecule has 1 aromatic rings. The van der Waals surface area contributed by atoms with Crippen LogP contribution in [0.4, 0.5) is 0 Å². The lowest BCUT2D eigenvalue weighted by Crippen LogP contribution is -2.45. The first-order valence-corrected chi connectivity index (χ1v) is 8.00. The molecule has 0 aliphatic heterocycles. The summed E-state index contributed by atoms with van der Waals surface area (Å²) in [5, 5.41) is 3.15. The molecule has 1 aliphatic rings. The van der Waals surface area contributed by atoms with E-state index in [9.17, 15) is 4.79 Å². The van der Waals surface area contributed by atoms with Crippen molar-refractivity contribution in [1.82, 2.24) is 10.2 Å². The predicted molar refractivity (Wildman–Crippen MR) is 80.7 cm³/mol. The molecule has 5 heteroatoms. The van der Waals surface area contributed by atoms with E-state index in [1.807, 2.05) is 26.1 Å². The Morgan fingerprint density at radius 1 is 1.53 bits per heavy atom. The summed E-state index contributed by atoms with van der Waals surface area (Å²) < 4.78 is 0.798. The summed E-state index contributed by atoms with van der Waals surface area (Å²) in [6.07, 6.45) is 4.73. The summed E-state index contributed by atoms with van der Waals surface area (Å²) in [7, 11) is 1.98. The SMILES string of the molecule is CC(C(=O)NC1CCCC1)N(C)Cc1ccc(Cl)s1. The Kier molecular flexibility index (Phi) is 5.25. The molecule has 1 N–H and O–H groups in total. The summed E-state index contributed by atoms with van der Waals surface area (Å²) in [6, 6.07) is 4.20. The highest BCUT2D eigenvalue weighted by molar-refractivity contribution is 7.16. The highest BCUT2D eigenvalue weighted by atomic mass is 35.5. The minimum Gasteiger partial charge on any atom is -0.352 e. The number of rotatable bonds is 5. The van der Waals surface area contributed by atoms with Gasteiger partial charge < -0.3 is 5.32 Å². The Balaban J connectivity index is 1.83. The first-order chi connectivity index (χ1) is 9.06. The summed E-state index contributed by atoms with van der Waals surface area (Å²) >= 11 is 7.49. The molecule has 1 fully saturated rings. The predicted octanol–water partition coefficient (Wildman–Crippen LogP) is 3.28. The number of amides is 1. The summed E-state index contributed by atoms with van der Waals surface area (Å²) in [5.41, 5.74) is 0. The Morgan fingerprint density at radius 3 is 2.79 bits per heavy atom. The number of nitrogens with zero attached hydrogens (tertiary/aromatic N) is 1. The number of likely N-dealkylation sites (N-methyl/N-ethyl adjacent to an activating group) is 1. The third kappa shape index (κ3) is 4.20. The highest BCUT2D eigenvalue weighted by Crippen LogP contribution is 2.23. The van der Waals surface area contributed by atoms with Crippen LogP contribution in [0.5, 0.6) is 0 Å². The zero-order chi connectivity index (χ0) is 13.8. The van der Waals surface area contributed by atoms with E-state index in [1.165, 1.54) is 17.7 Å². The lowest BCUT2D eigenvalue weighted by Gasteiger charge is -2.25. The molecule has 0 aromatic carbocycles. The number of hydrogen-bond donors (Lipinski definition) is 1. The van der Waals surface area contributed by atoms with Gasteiger partial charge in [-0.2, -0.15) is 0 Å². The fourth-order valence-corrected chi connectivity index (χ4v) is 3.56. The van der Waals surface area contributed by atoms with Gasteiger partial charge in [-0.15, -0.1) is 11.3 Å². The Bertz CT molecular complexity index is 429. The van der Waals surface area contributed by atoms with E-state index in [2.05, 4.69) is 10.2 Å². The van der Waals surface area contributed by atoms with E-state index in [1.54, 1.807) is 11.3 Å². The van der Waals surface area contributed by atoms with Gasteiger partial charge in [-0.25, -0.2) is 0 Å². The van der Waals surface area contributed by atoms with Gasteiger partial charge in [0.2, 0.25) is 5.91 Å². The Labute approximate surface area is 123 Å². The van der Waals surface area contributed by atoms with Gasteiger partial charge in [-0.1, -0.05) is 24.4 Å². The summed E-state index contributed by atoms with van der Waals surface area (Å²) in [4.78, 5) is 15.4. The Morgan fingerprint density at radius 2 is 2.21 bits per heavy atom. The molecule has 0 bridgehead atoms. The van der Waals surface area contributed by atoms with Crippen molar-refractivity contribution < 1.29 is 4.79 Å². The van der Waals surface area contributed by atoms with Gasteiger partial charge in [0, 0.05) is 17.5 Å². The number of thiophene rings is 1. The maximum atomic E-state index is 12.2. The minimum atomic E-state index is -0.110. The van der Waals surface area contributed by atoms with Crippen LogP contribution in [0.3, 0.4) is 0 Å². The molecule has 3 nitrogen and oxygen atoms in total. The van der Waals surface area contributed by atoms with Gasteiger partial charge >= 0.3 is 0 Å². The standard InChI is InChI=1S/C14H21ClN2OS/c1-10(14(18)16-11-5-3-4-6-11)17(2)9-12-7-8-13(15)19-12/h7-8,10-11H,3-6,9H2,1-2H3,(H,16,18). The van der Waals surface area contributed by atoms with Crippen molar-refractivity contribution in [2.45, 2.75) is 51.2 Å². The molecule has 1 amide bonds. The second kappa shape index (κ2) is 6.73. The van der Waals surface area contributed by atoms with Crippen molar-refractivity contribution in [2.75, 3.05) is 7.05 Å². The van der Waals surface area contributed by atoms with Crippen LogP contribution >= 0.6 is 22.9 Å². The third-order valence-corrected chi connectivity index (χ3v) is 4.99. The van der Waals surface area contributed by atoms with Gasteiger partial charge in [0.15, 0.2) is 0 Å². The first kappa shape index (κ1) is 14.8. The fourth-order valence-electron chi connectivity index (χ4n) is 2.41. The van der Waals surface area contributed by atoms with Crippen LogP contribution in [0.15, 0.2) is 12.1 Å². The molecule has 1 unspecified atom stereocenters. The molecule has 0 spiro atoms. The monoisotopic (exact) mass is 300 g/mol. The van der Waals surface area contributed by atoms with Gasteiger partial charge in [0.1, 0.15) is 0 Å². The number of hydrogen-bond acceptors (Lipinski definition) is 3. The molecule has 1 atom stereocenters. The zero-order valence-corrected chi connectivity index (χ0v) is 13.1. The van der Waals surface area contributed by atoms with Crippen LogP contribution in [0, 0.1) is 0 Å². The molecule has 0 saturated heterocycles. The quantitative estimate of drug-likeness (QED) is 0.905. The molecular formula is C14H21ClN2OS. The molecule has 2 rings (SSSR count). The minimum absolute atomic E-state index is 0.110. The van der Waals surface area contributed by atoms with E-state index in [0.29, 0.717) is 6.04 Å². The summed E-state index contributed by atoms with van der Waals surface area (Å²) in [5.74, 6) is 0.136. The van der Waals surface area contributed by atoms with Gasteiger partial charge in [-0.05, 0) is 38.9 Å². The largest absolute Gasteiger partial charge is 0.352 e. The van der Waals surface area contributed by atoms with Crippen molar-refractivity contribution in [3.8, 4) is 0 Å². The van der Waals surface area contributed by atoms with Crippen LogP contribution < -0.4 is 5.32 Å². The molecule has 1 saturated carbocycles. The lowest BCUT2D eigenvalue weighted by molar-refractivity contribution is -0.126. The zero-order valence-electron chi connectivity index (χ0n) is 11.5. The Hall–Kier alpha value is -0.580. The molecule has 0 radical (unpaired) electrons. The molecule has 1 aliphatic carbocycles. The average molecular weight is 301 g/mol. The number of nitrogens with one attached hydrogen (secondary N) is 1.